The third kappa shape index (κ3) is 2.76. The number of thioether (sulfide) groups is 1. The zero-order valence-corrected chi connectivity index (χ0v) is 10.1. The van der Waals surface area contributed by atoms with Crippen molar-refractivity contribution in [3.05, 3.63) is 35.4 Å². The molecule has 1 aliphatic rings. The SMILES string of the molecule is Cc1ccccc1CC(N)C1CCSC1. The summed E-state index contributed by atoms with van der Waals surface area (Å²) in [6.07, 6.45) is 2.34. The van der Waals surface area contributed by atoms with E-state index in [4.69, 9.17) is 5.73 Å². The van der Waals surface area contributed by atoms with Crippen LogP contribution in [0.3, 0.4) is 0 Å². The summed E-state index contributed by atoms with van der Waals surface area (Å²) in [6, 6.07) is 8.93. The van der Waals surface area contributed by atoms with Gasteiger partial charge in [-0.3, -0.25) is 0 Å². The number of rotatable bonds is 3. The van der Waals surface area contributed by atoms with Gasteiger partial charge in [0.25, 0.3) is 0 Å². The van der Waals surface area contributed by atoms with E-state index in [1.54, 1.807) is 0 Å². The first kappa shape index (κ1) is 11.0. The lowest BCUT2D eigenvalue weighted by molar-refractivity contribution is 0.462. The smallest absolute Gasteiger partial charge is 0.0116 e. The van der Waals surface area contributed by atoms with E-state index in [2.05, 4.69) is 31.2 Å². The quantitative estimate of drug-likeness (QED) is 0.849. The lowest BCUT2D eigenvalue weighted by Crippen LogP contribution is -2.32. The summed E-state index contributed by atoms with van der Waals surface area (Å²) < 4.78 is 0. The molecule has 0 aromatic heterocycles. The molecule has 2 atom stereocenters. The number of aryl methyl sites for hydroxylation is 1. The van der Waals surface area contributed by atoms with Crippen molar-refractivity contribution in [2.75, 3.05) is 11.5 Å². The van der Waals surface area contributed by atoms with Gasteiger partial charge in [0.05, 0.1) is 0 Å². The van der Waals surface area contributed by atoms with Crippen LogP contribution in [0.1, 0.15) is 17.5 Å². The first-order valence-corrected chi connectivity index (χ1v) is 6.80. The second kappa shape index (κ2) is 5.04. The minimum atomic E-state index is 0.348. The Bertz CT molecular complexity index is 318. The molecule has 0 bridgehead atoms. The molecule has 0 amide bonds. The molecular formula is C13H19NS. The lowest BCUT2D eigenvalue weighted by Gasteiger charge is -2.19. The van der Waals surface area contributed by atoms with Gasteiger partial charge in [0, 0.05) is 6.04 Å². The summed E-state index contributed by atoms with van der Waals surface area (Å²) in [7, 11) is 0. The van der Waals surface area contributed by atoms with Gasteiger partial charge < -0.3 is 5.73 Å². The predicted molar refractivity (Wildman–Crippen MR) is 68.3 cm³/mol. The lowest BCUT2D eigenvalue weighted by atomic mass is 9.92. The van der Waals surface area contributed by atoms with Crippen LogP contribution in [-0.4, -0.2) is 17.5 Å². The topological polar surface area (TPSA) is 26.0 Å². The van der Waals surface area contributed by atoms with Gasteiger partial charge in [-0.15, -0.1) is 0 Å². The van der Waals surface area contributed by atoms with Crippen LogP contribution in [0.5, 0.6) is 0 Å². The average Bonchev–Trinajstić information content (AvgIpc) is 2.74. The third-order valence-corrected chi connectivity index (χ3v) is 4.48. The van der Waals surface area contributed by atoms with E-state index in [0.717, 1.165) is 12.3 Å². The summed E-state index contributed by atoms with van der Waals surface area (Å²) in [6.45, 7) is 2.17. The fraction of sp³-hybridized carbons (Fsp3) is 0.538. The maximum Gasteiger partial charge on any atom is 0.0116 e. The molecule has 1 aromatic carbocycles. The van der Waals surface area contributed by atoms with Gasteiger partial charge in [-0.2, -0.15) is 11.8 Å². The first-order chi connectivity index (χ1) is 7.27. The van der Waals surface area contributed by atoms with Crippen LogP contribution in [0.15, 0.2) is 24.3 Å². The largest absolute Gasteiger partial charge is 0.327 e. The van der Waals surface area contributed by atoms with Crippen LogP contribution in [0.4, 0.5) is 0 Å². The zero-order chi connectivity index (χ0) is 10.7. The standard InChI is InChI=1S/C13H19NS/c1-10-4-2-3-5-11(10)8-13(14)12-6-7-15-9-12/h2-5,12-13H,6-9,14H2,1H3. The summed E-state index contributed by atoms with van der Waals surface area (Å²) in [4.78, 5) is 0. The molecule has 2 rings (SSSR count). The van der Waals surface area contributed by atoms with E-state index in [-0.39, 0.29) is 0 Å². The van der Waals surface area contributed by atoms with Gasteiger partial charge in [-0.1, -0.05) is 24.3 Å². The molecule has 1 fully saturated rings. The Labute approximate surface area is 96.4 Å². The monoisotopic (exact) mass is 221 g/mol. The van der Waals surface area contributed by atoms with Crippen molar-refractivity contribution < 1.29 is 0 Å². The van der Waals surface area contributed by atoms with Crippen LogP contribution in [-0.2, 0) is 6.42 Å². The van der Waals surface area contributed by atoms with Crippen molar-refractivity contribution in [2.24, 2.45) is 11.7 Å². The van der Waals surface area contributed by atoms with Crippen molar-refractivity contribution in [1.29, 1.82) is 0 Å². The molecule has 1 nitrogen and oxygen atoms in total. The van der Waals surface area contributed by atoms with E-state index in [1.807, 2.05) is 11.8 Å². The van der Waals surface area contributed by atoms with E-state index in [9.17, 15) is 0 Å². The molecule has 0 spiro atoms. The molecule has 1 heterocycles. The van der Waals surface area contributed by atoms with E-state index in [0.29, 0.717) is 6.04 Å². The number of benzene rings is 1. The molecule has 2 N–H and O–H groups in total. The van der Waals surface area contributed by atoms with Crippen LogP contribution in [0.25, 0.3) is 0 Å². The molecule has 2 unspecified atom stereocenters. The van der Waals surface area contributed by atoms with Crippen molar-refractivity contribution in [1.82, 2.24) is 0 Å². The fourth-order valence-corrected chi connectivity index (χ4v) is 3.50. The molecule has 0 radical (unpaired) electrons. The fourth-order valence-electron chi connectivity index (χ4n) is 2.15. The summed E-state index contributed by atoms with van der Waals surface area (Å²) in [5.74, 6) is 3.29. The molecule has 0 aliphatic carbocycles. The van der Waals surface area contributed by atoms with Gasteiger partial charge in [0.2, 0.25) is 0 Å². The normalized spacial score (nSPS) is 22.9. The highest BCUT2D eigenvalue weighted by atomic mass is 32.2. The first-order valence-electron chi connectivity index (χ1n) is 5.65. The second-order valence-corrected chi connectivity index (χ2v) is 5.57. The number of nitrogens with two attached hydrogens (primary N) is 1. The maximum absolute atomic E-state index is 6.27. The highest BCUT2D eigenvalue weighted by Crippen LogP contribution is 2.27. The highest BCUT2D eigenvalue weighted by Gasteiger charge is 2.22. The van der Waals surface area contributed by atoms with Crippen LogP contribution >= 0.6 is 11.8 Å². The third-order valence-electron chi connectivity index (χ3n) is 3.29. The van der Waals surface area contributed by atoms with Gasteiger partial charge in [0.15, 0.2) is 0 Å². The van der Waals surface area contributed by atoms with Gasteiger partial charge in [0.1, 0.15) is 0 Å². The van der Waals surface area contributed by atoms with Crippen LogP contribution in [0.2, 0.25) is 0 Å². The van der Waals surface area contributed by atoms with E-state index in [1.165, 1.54) is 29.1 Å². The van der Waals surface area contributed by atoms with Gasteiger partial charge >= 0.3 is 0 Å². The molecule has 1 aliphatic heterocycles. The van der Waals surface area contributed by atoms with Crippen molar-refractivity contribution in [3.8, 4) is 0 Å². The zero-order valence-electron chi connectivity index (χ0n) is 9.28. The Hall–Kier alpha value is -0.470. The van der Waals surface area contributed by atoms with Crippen molar-refractivity contribution in [2.45, 2.75) is 25.8 Å². The van der Waals surface area contributed by atoms with E-state index >= 15 is 0 Å². The van der Waals surface area contributed by atoms with Crippen LogP contribution < -0.4 is 5.73 Å². The summed E-state index contributed by atoms with van der Waals surface area (Å²) in [5.41, 5.74) is 9.06. The molecule has 82 valence electrons. The van der Waals surface area contributed by atoms with Crippen molar-refractivity contribution >= 4 is 11.8 Å². The number of hydrogen-bond acceptors (Lipinski definition) is 2. The van der Waals surface area contributed by atoms with Crippen molar-refractivity contribution in [3.63, 3.8) is 0 Å². The van der Waals surface area contributed by atoms with Gasteiger partial charge in [-0.05, 0) is 48.3 Å². The Morgan fingerprint density at radius 1 is 1.47 bits per heavy atom. The molecule has 1 aromatic rings. The molecule has 15 heavy (non-hydrogen) atoms. The van der Waals surface area contributed by atoms with E-state index < -0.39 is 0 Å². The molecular weight excluding hydrogens is 202 g/mol. The Balaban J connectivity index is 1.99. The predicted octanol–water partition coefficient (Wildman–Crippen LogP) is 2.62. The Morgan fingerprint density at radius 2 is 2.27 bits per heavy atom. The minimum Gasteiger partial charge on any atom is -0.327 e. The maximum atomic E-state index is 6.27. The average molecular weight is 221 g/mol. The second-order valence-electron chi connectivity index (χ2n) is 4.42. The Kier molecular flexibility index (Phi) is 3.71. The van der Waals surface area contributed by atoms with Crippen LogP contribution in [0, 0.1) is 12.8 Å². The molecule has 2 heteroatoms. The number of hydrogen-bond donors (Lipinski definition) is 1. The summed E-state index contributed by atoms with van der Waals surface area (Å²) in [5, 5.41) is 0. The summed E-state index contributed by atoms with van der Waals surface area (Å²) >= 11 is 2.05. The minimum absolute atomic E-state index is 0.348. The highest BCUT2D eigenvalue weighted by molar-refractivity contribution is 7.99. The molecule has 0 saturated carbocycles. The molecule has 1 saturated heterocycles. The Morgan fingerprint density at radius 3 is 2.93 bits per heavy atom. The van der Waals surface area contributed by atoms with Gasteiger partial charge in [-0.25, -0.2) is 0 Å².